The van der Waals surface area contributed by atoms with Crippen molar-refractivity contribution >= 4 is 17.4 Å². The van der Waals surface area contributed by atoms with Crippen LogP contribution >= 0.6 is 0 Å². The van der Waals surface area contributed by atoms with E-state index in [1.165, 1.54) is 0 Å². The summed E-state index contributed by atoms with van der Waals surface area (Å²) in [6, 6.07) is 13.2. The number of ether oxygens (including phenoxy) is 1. The van der Waals surface area contributed by atoms with Crippen LogP contribution in [0.1, 0.15) is 20.8 Å². The zero-order valence-electron chi connectivity index (χ0n) is 13.3. The number of amides is 1. The third-order valence-electron chi connectivity index (χ3n) is 3.01. The minimum atomic E-state index is -0.538. The van der Waals surface area contributed by atoms with Crippen molar-refractivity contribution in [3.05, 3.63) is 48.7 Å². The van der Waals surface area contributed by atoms with Crippen LogP contribution in [0.15, 0.2) is 48.7 Å². The summed E-state index contributed by atoms with van der Waals surface area (Å²) in [4.78, 5) is 16.3. The van der Waals surface area contributed by atoms with Gasteiger partial charge in [0.1, 0.15) is 5.60 Å². The Morgan fingerprint density at radius 2 is 1.91 bits per heavy atom. The first-order chi connectivity index (χ1) is 10.9. The Kier molecular flexibility index (Phi) is 3.73. The van der Waals surface area contributed by atoms with Gasteiger partial charge in [-0.1, -0.05) is 30.3 Å². The quantitative estimate of drug-likeness (QED) is 0.783. The van der Waals surface area contributed by atoms with Gasteiger partial charge in [0.05, 0.1) is 0 Å². The summed E-state index contributed by atoms with van der Waals surface area (Å²) < 4.78 is 6.90. The normalized spacial score (nSPS) is 11.4. The molecule has 0 aliphatic carbocycles. The highest BCUT2D eigenvalue weighted by atomic mass is 16.6. The monoisotopic (exact) mass is 310 g/mol. The maximum absolute atomic E-state index is 11.8. The maximum Gasteiger partial charge on any atom is 0.412 e. The second kappa shape index (κ2) is 5.72. The molecule has 0 unspecified atom stereocenters. The predicted molar refractivity (Wildman–Crippen MR) is 88.3 cm³/mol. The van der Waals surface area contributed by atoms with E-state index in [9.17, 15) is 4.79 Å². The van der Waals surface area contributed by atoms with Crippen LogP contribution in [0.3, 0.4) is 0 Å². The first-order valence-corrected chi connectivity index (χ1v) is 7.33. The molecular formula is C17H18N4O2. The van der Waals surface area contributed by atoms with Crippen molar-refractivity contribution < 1.29 is 9.53 Å². The van der Waals surface area contributed by atoms with Crippen molar-refractivity contribution in [1.82, 2.24) is 14.6 Å². The largest absolute Gasteiger partial charge is 0.444 e. The molecule has 0 bridgehead atoms. The predicted octanol–water partition coefficient (Wildman–Crippen LogP) is 3.74. The molecule has 0 spiro atoms. The molecule has 0 fully saturated rings. The SMILES string of the molecule is CC(C)(C)OC(=O)Nc1ccn2nc(-c3ccccc3)nc2c1. The zero-order chi connectivity index (χ0) is 16.4. The van der Waals surface area contributed by atoms with Crippen molar-refractivity contribution in [2.24, 2.45) is 0 Å². The molecule has 0 atom stereocenters. The number of benzene rings is 1. The lowest BCUT2D eigenvalue weighted by Crippen LogP contribution is -2.27. The van der Waals surface area contributed by atoms with Crippen LogP contribution in [-0.2, 0) is 4.74 Å². The fourth-order valence-electron chi connectivity index (χ4n) is 2.09. The van der Waals surface area contributed by atoms with E-state index in [1.54, 1.807) is 22.8 Å². The van der Waals surface area contributed by atoms with Gasteiger partial charge in [0, 0.05) is 23.5 Å². The number of carbonyl (C=O) groups is 1. The van der Waals surface area contributed by atoms with Crippen LogP contribution in [0.25, 0.3) is 17.0 Å². The second-order valence-electron chi connectivity index (χ2n) is 6.15. The highest BCUT2D eigenvalue weighted by Gasteiger charge is 2.16. The molecule has 3 aromatic rings. The number of hydrogen-bond acceptors (Lipinski definition) is 4. The van der Waals surface area contributed by atoms with Crippen LogP contribution in [0.2, 0.25) is 0 Å². The maximum atomic E-state index is 11.8. The summed E-state index contributed by atoms with van der Waals surface area (Å²) in [5.41, 5.74) is 1.66. The highest BCUT2D eigenvalue weighted by Crippen LogP contribution is 2.18. The van der Waals surface area contributed by atoms with Crippen LogP contribution < -0.4 is 5.32 Å². The molecule has 1 amide bonds. The molecule has 6 heteroatoms. The minimum Gasteiger partial charge on any atom is -0.444 e. The number of pyridine rings is 1. The fourth-order valence-corrected chi connectivity index (χ4v) is 2.09. The van der Waals surface area contributed by atoms with E-state index in [4.69, 9.17) is 4.74 Å². The first kappa shape index (κ1) is 15.0. The van der Waals surface area contributed by atoms with E-state index < -0.39 is 11.7 Å². The summed E-state index contributed by atoms with van der Waals surface area (Å²) in [5, 5.41) is 7.12. The minimum absolute atomic E-state index is 0.496. The van der Waals surface area contributed by atoms with Crippen LogP contribution in [0.4, 0.5) is 10.5 Å². The Morgan fingerprint density at radius 1 is 1.17 bits per heavy atom. The Morgan fingerprint density at radius 3 is 2.61 bits per heavy atom. The molecule has 0 saturated heterocycles. The van der Waals surface area contributed by atoms with Crippen molar-refractivity contribution in [3.8, 4) is 11.4 Å². The molecule has 23 heavy (non-hydrogen) atoms. The molecule has 0 radical (unpaired) electrons. The average molecular weight is 310 g/mol. The number of nitrogens with one attached hydrogen (secondary N) is 1. The van der Waals surface area contributed by atoms with Crippen LogP contribution in [0.5, 0.6) is 0 Å². The van der Waals surface area contributed by atoms with Gasteiger partial charge in [0.2, 0.25) is 0 Å². The topological polar surface area (TPSA) is 68.5 Å². The van der Waals surface area contributed by atoms with E-state index in [2.05, 4.69) is 15.4 Å². The summed E-state index contributed by atoms with van der Waals surface area (Å²) in [5.74, 6) is 0.639. The summed E-state index contributed by atoms with van der Waals surface area (Å²) >= 11 is 0. The van der Waals surface area contributed by atoms with Crippen molar-refractivity contribution in [2.45, 2.75) is 26.4 Å². The molecule has 1 N–H and O–H groups in total. The summed E-state index contributed by atoms with van der Waals surface area (Å²) in [7, 11) is 0. The molecule has 2 aromatic heterocycles. The van der Waals surface area contributed by atoms with Gasteiger partial charge in [0.25, 0.3) is 0 Å². The fraction of sp³-hybridized carbons (Fsp3) is 0.235. The average Bonchev–Trinajstić information content (AvgIpc) is 2.89. The van der Waals surface area contributed by atoms with Crippen molar-refractivity contribution in [3.63, 3.8) is 0 Å². The van der Waals surface area contributed by atoms with E-state index >= 15 is 0 Å². The number of rotatable bonds is 2. The Bertz CT molecular complexity index is 835. The molecule has 6 nitrogen and oxygen atoms in total. The van der Waals surface area contributed by atoms with Gasteiger partial charge < -0.3 is 4.74 Å². The summed E-state index contributed by atoms with van der Waals surface area (Å²) in [6.45, 7) is 5.46. The summed E-state index contributed by atoms with van der Waals surface area (Å²) in [6.07, 6.45) is 1.26. The lowest BCUT2D eigenvalue weighted by atomic mass is 10.2. The molecule has 0 aliphatic heterocycles. The van der Waals surface area contributed by atoms with E-state index in [0.717, 1.165) is 5.56 Å². The lowest BCUT2D eigenvalue weighted by Gasteiger charge is -2.19. The van der Waals surface area contributed by atoms with Gasteiger partial charge >= 0.3 is 6.09 Å². The third kappa shape index (κ3) is 3.66. The molecule has 2 heterocycles. The van der Waals surface area contributed by atoms with Crippen LogP contribution in [0, 0.1) is 0 Å². The Hall–Kier alpha value is -2.89. The van der Waals surface area contributed by atoms with Crippen LogP contribution in [-0.4, -0.2) is 26.3 Å². The lowest BCUT2D eigenvalue weighted by molar-refractivity contribution is 0.0636. The Balaban J connectivity index is 1.84. The number of anilines is 1. The third-order valence-corrected chi connectivity index (χ3v) is 3.01. The van der Waals surface area contributed by atoms with Gasteiger partial charge in [-0.25, -0.2) is 14.3 Å². The molecule has 0 saturated carbocycles. The van der Waals surface area contributed by atoms with E-state index in [-0.39, 0.29) is 0 Å². The second-order valence-corrected chi connectivity index (χ2v) is 6.15. The van der Waals surface area contributed by atoms with Gasteiger partial charge in [0.15, 0.2) is 11.5 Å². The molecular weight excluding hydrogens is 292 g/mol. The van der Waals surface area contributed by atoms with Crippen molar-refractivity contribution in [1.29, 1.82) is 0 Å². The number of fused-ring (bicyclic) bond motifs is 1. The van der Waals surface area contributed by atoms with E-state index in [0.29, 0.717) is 17.2 Å². The number of nitrogens with zero attached hydrogens (tertiary/aromatic N) is 3. The van der Waals surface area contributed by atoms with Gasteiger partial charge in [-0.05, 0) is 26.8 Å². The molecule has 3 rings (SSSR count). The number of hydrogen-bond donors (Lipinski definition) is 1. The zero-order valence-corrected chi connectivity index (χ0v) is 13.3. The Labute approximate surface area is 134 Å². The van der Waals surface area contributed by atoms with Gasteiger partial charge in [-0.2, -0.15) is 0 Å². The standard InChI is InChI=1S/C17H18N4O2/c1-17(2,3)23-16(22)18-13-9-10-21-14(11-13)19-15(20-21)12-7-5-4-6-8-12/h4-11H,1-3H3,(H,18,22). The van der Waals surface area contributed by atoms with Gasteiger partial charge in [-0.15, -0.1) is 5.10 Å². The van der Waals surface area contributed by atoms with Crippen molar-refractivity contribution in [2.75, 3.05) is 5.32 Å². The highest BCUT2D eigenvalue weighted by molar-refractivity contribution is 5.85. The first-order valence-electron chi connectivity index (χ1n) is 7.33. The smallest absolute Gasteiger partial charge is 0.412 e. The van der Waals surface area contributed by atoms with Gasteiger partial charge in [-0.3, -0.25) is 5.32 Å². The molecule has 0 aliphatic rings. The number of aromatic nitrogens is 3. The number of carbonyl (C=O) groups excluding carboxylic acids is 1. The molecule has 118 valence electrons. The van der Waals surface area contributed by atoms with E-state index in [1.807, 2.05) is 51.1 Å². The molecule has 1 aromatic carbocycles.